The molecule has 0 spiro atoms. The highest BCUT2D eigenvalue weighted by Crippen LogP contribution is 2.34. The Kier molecular flexibility index (Phi) is 4.35. The summed E-state index contributed by atoms with van der Waals surface area (Å²) in [6.07, 6.45) is 0. The van der Waals surface area contributed by atoms with Crippen LogP contribution in [-0.4, -0.2) is 0 Å². The Hall–Kier alpha value is -0.670. The van der Waals surface area contributed by atoms with Crippen LogP contribution in [0, 0.1) is 0 Å². The van der Waals surface area contributed by atoms with Crippen LogP contribution in [0.4, 0.5) is 0 Å². The molecule has 0 aliphatic carbocycles. The maximum atomic E-state index is 6.11. The van der Waals surface area contributed by atoms with Gasteiger partial charge in [-0.3, -0.25) is 0 Å². The minimum absolute atomic E-state index is 0.558. The Morgan fingerprint density at radius 1 is 1.00 bits per heavy atom. The van der Waals surface area contributed by atoms with E-state index in [4.69, 9.17) is 28.9 Å². The van der Waals surface area contributed by atoms with Gasteiger partial charge in [0.15, 0.2) is 0 Å². The van der Waals surface area contributed by atoms with Crippen molar-refractivity contribution < 1.29 is 0 Å². The molecule has 0 atom stereocenters. The quantitative estimate of drug-likeness (QED) is 0.891. The zero-order chi connectivity index (χ0) is 12.3. The number of nitrogens with two attached hydrogens (primary N) is 1. The molecule has 0 radical (unpaired) electrons. The van der Waals surface area contributed by atoms with Crippen LogP contribution < -0.4 is 5.73 Å². The Morgan fingerprint density at radius 3 is 2.35 bits per heavy atom. The first kappa shape index (κ1) is 12.8. The van der Waals surface area contributed by atoms with E-state index in [1.807, 2.05) is 30.3 Å². The van der Waals surface area contributed by atoms with Crippen molar-refractivity contribution in [1.29, 1.82) is 0 Å². The van der Waals surface area contributed by atoms with Gasteiger partial charge in [-0.2, -0.15) is 0 Å². The molecule has 0 heterocycles. The van der Waals surface area contributed by atoms with Crippen LogP contribution in [0.15, 0.2) is 52.3 Å². The van der Waals surface area contributed by atoms with Gasteiger partial charge in [-0.1, -0.05) is 47.1 Å². The third kappa shape index (κ3) is 3.39. The van der Waals surface area contributed by atoms with Crippen molar-refractivity contribution in [3.05, 3.63) is 58.1 Å². The van der Waals surface area contributed by atoms with Crippen LogP contribution in [-0.2, 0) is 6.54 Å². The van der Waals surface area contributed by atoms with Crippen molar-refractivity contribution in [2.45, 2.75) is 16.3 Å². The zero-order valence-electron chi connectivity index (χ0n) is 8.99. The fraction of sp³-hybridized carbons (Fsp3) is 0.0769. The highest BCUT2D eigenvalue weighted by molar-refractivity contribution is 7.99. The van der Waals surface area contributed by atoms with E-state index in [1.54, 1.807) is 23.9 Å². The first-order chi connectivity index (χ1) is 8.19. The number of benzene rings is 2. The van der Waals surface area contributed by atoms with E-state index in [0.717, 1.165) is 15.4 Å². The molecule has 88 valence electrons. The highest BCUT2D eigenvalue weighted by Gasteiger charge is 2.03. The second-order valence-electron chi connectivity index (χ2n) is 3.52. The van der Waals surface area contributed by atoms with Crippen LogP contribution in [0.25, 0.3) is 0 Å². The van der Waals surface area contributed by atoms with Gasteiger partial charge in [-0.15, -0.1) is 0 Å². The van der Waals surface area contributed by atoms with E-state index < -0.39 is 0 Å². The maximum absolute atomic E-state index is 6.11. The lowest BCUT2D eigenvalue weighted by molar-refractivity contribution is 1.07. The Bertz CT molecular complexity index is 511. The molecule has 2 aromatic carbocycles. The lowest BCUT2D eigenvalue weighted by Crippen LogP contribution is -1.94. The lowest BCUT2D eigenvalue weighted by atomic mass is 10.2. The van der Waals surface area contributed by atoms with Crippen molar-refractivity contribution in [3.8, 4) is 0 Å². The predicted octanol–water partition coefficient (Wildman–Crippen LogP) is 4.60. The minimum atomic E-state index is 0.558. The summed E-state index contributed by atoms with van der Waals surface area (Å²) in [6, 6.07) is 13.5. The first-order valence-corrected chi connectivity index (χ1v) is 6.68. The Labute approximate surface area is 115 Å². The predicted molar refractivity (Wildman–Crippen MR) is 74.9 cm³/mol. The summed E-state index contributed by atoms with van der Waals surface area (Å²) in [6.45, 7) is 0.558. The van der Waals surface area contributed by atoms with E-state index in [2.05, 4.69) is 0 Å². The average molecular weight is 284 g/mol. The van der Waals surface area contributed by atoms with Gasteiger partial charge in [0.2, 0.25) is 0 Å². The molecule has 1 nitrogen and oxygen atoms in total. The number of halogens is 2. The molecule has 2 rings (SSSR count). The van der Waals surface area contributed by atoms with Crippen LogP contribution >= 0.6 is 35.0 Å². The molecular formula is C13H11Cl2NS. The largest absolute Gasteiger partial charge is 0.326 e. The molecule has 2 aromatic rings. The second kappa shape index (κ2) is 5.78. The summed E-state index contributed by atoms with van der Waals surface area (Å²) in [5.41, 5.74) is 6.67. The van der Waals surface area contributed by atoms with Crippen LogP contribution in [0.5, 0.6) is 0 Å². The molecule has 4 heteroatoms. The standard InChI is InChI=1S/C13H11Cl2NS/c14-10-3-6-12(15)13(7-10)17-11-4-1-9(8-16)2-5-11/h1-7H,8,16H2. The van der Waals surface area contributed by atoms with Crippen LogP contribution in [0.3, 0.4) is 0 Å². The highest BCUT2D eigenvalue weighted by atomic mass is 35.5. The Morgan fingerprint density at radius 2 is 1.71 bits per heavy atom. The van der Waals surface area contributed by atoms with Gasteiger partial charge in [0, 0.05) is 21.4 Å². The SMILES string of the molecule is NCc1ccc(Sc2cc(Cl)ccc2Cl)cc1. The summed E-state index contributed by atoms with van der Waals surface area (Å²) in [4.78, 5) is 2.08. The van der Waals surface area contributed by atoms with E-state index in [1.165, 1.54) is 0 Å². The molecule has 0 fully saturated rings. The normalized spacial score (nSPS) is 10.5. The van der Waals surface area contributed by atoms with Gasteiger partial charge in [0.25, 0.3) is 0 Å². The lowest BCUT2D eigenvalue weighted by Gasteiger charge is -2.05. The van der Waals surface area contributed by atoms with E-state index in [0.29, 0.717) is 16.6 Å². The number of rotatable bonds is 3. The molecule has 0 aliphatic heterocycles. The Balaban J connectivity index is 2.22. The molecule has 0 amide bonds. The van der Waals surface area contributed by atoms with Crippen molar-refractivity contribution in [3.63, 3.8) is 0 Å². The van der Waals surface area contributed by atoms with Crippen molar-refractivity contribution >= 4 is 35.0 Å². The maximum Gasteiger partial charge on any atom is 0.0546 e. The van der Waals surface area contributed by atoms with Gasteiger partial charge in [-0.25, -0.2) is 0 Å². The fourth-order valence-corrected chi connectivity index (χ4v) is 2.72. The number of hydrogen-bond acceptors (Lipinski definition) is 2. The van der Waals surface area contributed by atoms with E-state index in [-0.39, 0.29) is 0 Å². The van der Waals surface area contributed by atoms with Crippen molar-refractivity contribution in [1.82, 2.24) is 0 Å². The summed E-state index contributed by atoms with van der Waals surface area (Å²) >= 11 is 13.6. The van der Waals surface area contributed by atoms with E-state index >= 15 is 0 Å². The van der Waals surface area contributed by atoms with Gasteiger partial charge in [-0.05, 0) is 35.9 Å². The average Bonchev–Trinajstić information content (AvgIpc) is 2.35. The summed E-state index contributed by atoms with van der Waals surface area (Å²) in [5.74, 6) is 0. The monoisotopic (exact) mass is 283 g/mol. The zero-order valence-corrected chi connectivity index (χ0v) is 11.3. The molecule has 0 aromatic heterocycles. The first-order valence-electron chi connectivity index (χ1n) is 5.11. The van der Waals surface area contributed by atoms with Crippen molar-refractivity contribution in [2.24, 2.45) is 5.73 Å². The van der Waals surface area contributed by atoms with Crippen LogP contribution in [0.1, 0.15) is 5.56 Å². The minimum Gasteiger partial charge on any atom is -0.326 e. The molecule has 2 N–H and O–H groups in total. The van der Waals surface area contributed by atoms with Gasteiger partial charge in [0.1, 0.15) is 0 Å². The van der Waals surface area contributed by atoms with E-state index in [9.17, 15) is 0 Å². The third-order valence-electron chi connectivity index (χ3n) is 2.28. The summed E-state index contributed by atoms with van der Waals surface area (Å²) < 4.78 is 0. The molecule has 0 aliphatic rings. The van der Waals surface area contributed by atoms with Gasteiger partial charge >= 0.3 is 0 Å². The number of hydrogen-bond donors (Lipinski definition) is 1. The summed E-state index contributed by atoms with van der Waals surface area (Å²) in [5, 5.41) is 1.40. The molecule has 17 heavy (non-hydrogen) atoms. The third-order valence-corrected chi connectivity index (χ3v) is 4.02. The second-order valence-corrected chi connectivity index (χ2v) is 5.48. The van der Waals surface area contributed by atoms with Gasteiger partial charge < -0.3 is 5.73 Å². The smallest absolute Gasteiger partial charge is 0.0546 e. The topological polar surface area (TPSA) is 26.0 Å². The fourth-order valence-electron chi connectivity index (χ4n) is 1.38. The van der Waals surface area contributed by atoms with Gasteiger partial charge in [0.05, 0.1) is 5.02 Å². The summed E-state index contributed by atoms with van der Waals surface area (Å²) in [7, 11) is 0. The molecular weight excluding hydrogens is 273 g/mol. The van der Waals surface area contributed by atoms with Crippen LogP contribution in [0.2, 0.25) is 10.0 Å². The van der Waals surface area contributed by atoms with Crippen molar-refractivity contribution in [2.75, 3.05) is 0 Å². The molecule has 0 saturated carbocycles. The molecule has 0 bridgehead atoms. The molecule has 0 saturated heterocycles. The molecule has 0 unspecified atom stereocenters.